The molecular formula is C22H29NO3. The molecule has 1 unspecified atom stereocenters. The van der Waals surface area contributed by atoms with Gasteiger partial charge in [0.15, 0.2) is 6.61 Å². The number of carbonyl (C=O) groups is 1. The van der Waals surface area contributed by atoms with E-state index >= 15 is 0 Å². The highest BCUT2D eigenvalue weighted by molar-refractivity contribution is 5.91. The van der Waals surface area contributed by atoms with Crippen LogP contribution in [0.5, 0.6) is 11.5 Å². The third-order valence-corrected chi connectivity index (χ3v) is 4.15. The zero-order valence-electron chi connectivity index (χ0n) is 16.1. The summed E-state index contributed by atoms with van der Waals surface area (Å²) in [5.74, 6) is 2.32. The molecule has 0 aliphatic heterocycles. The Balaban J connectivity index is 1.79. The molecule has 1 N–H and O–H groups in total. The maximum atomic E-state index is 12.0. The van der Waals surface area contributed by atoms with Crippen molar-refractivity contribution in [2.24, 2.45) is 5.92 Å². The third kappa shape index (κ3) is 6.43. The van der Waals surface area contributed by atoms with E-state index in [-0.39, 0.29) is 12.5 Å². The predicted molar refractivity (Wildman–Crippen MR) is 106 cm³/mol. The largest absolute Gasteiger partial charge is 0.493 e. The molecule has 140 valence electrons. The number of rotatable bonds is 9. The molecule has 4 heteroatoms. The predicted octanol–water partition coefficient (Wildman–Crippen LogP) is 5.25. The van der Waals surface area contributed by atoms with E-state index in [0.717, 1.165) is 17.9 Å². The molecule has 1 amide bonds. The molecule has 2 aromatic carbocycles. The first kappa shape index (κ1) is 19.8. The summed E-state index contributed by atoms with van der Waals surface area (Å²) in [4.78, 5) is 12.0. The maximum Gasteiger partial charge on any atom is 0.262 e. The van der Waals surface area contributed by atoms with Crippen molar-refractivity contribution in [2.75, 3.05) is 18.5 Å². The number of carbonyl (C=O) groups excluding carboxylic acids is 1. The van der Waals surface area contributed by atoms with Crippen LogP contribution in [0.4, 0.5) is 5.69 Å². The highest BCUT2D eigenvalue weighted by atomic mass is 16.5. The molecule has 0 saturated carbocycles. The molecule has 26 heavy (non-hydrogen) atoms. The minimum atomic E-state index is -0.188. The molecule has 1 atom stereocenters. The molecule has 2 rings (SSSR count). The number of amides is 1. The van der Waals surface area contributed by atoms with Gasteiger partial charge in [-0.2, -0.15) is 0 Å². The van der Waals surface area contributed by atoms with Crippen LogP contribution in [0.3, 0.4) is 0 Å². The molecule has 4 nitrogen and oxygen atoms in total. The Kier molecular flexibility index (Phi) is 7.52. The van der Waals surface area contributed by atoms with E-state index in [1.807, 2.05) is 36.4 Å². The van der Waals surface area contributed by atoms with Crippen molar-refractivity contribution in [1.29, 1.82) is 0 Å². The van der Waals surface area contributed by atoms with Crippen molar-refractivity contribution in [2.45, 2.75) is 40.0 Å². The Morgan fingerprint density at radius 3 is 2.08 bits per heavy atom. The highest BCUT2D eigenvalue weighted by Crippen LogP contribution is 2.21. The van der Waals surface area contributed by atoms with E-state index in [1.165, 1.54) is 5.56 Å². The summed E-state index contributed by atoms with van der Waals surface area (Å²) < 4.78 is 11.2. The molecule has 0 radical (unpaired) electrons. The topological polar surface area (TPSA) is 47.6 Å². The fraction of sp³-hybridized carbons (Fsp3) is 0.409. The number of ether oxygens (including phenoxy) is 2. The van der Waals surface area contributed by atoms with Gasteiger partial charge >= 0.3 is 0 Å². The molecule has 0 fully saturated rings. The van der Waals surface area contributed by atoms with Crippen molar-refractivity contribution < 1.29 is 14.3 Å². The Labute approximate surface area is 156 Å². The van der Waals surface area contributed by atoms with E-state index in [9.17, 15) is 4.79 Å². The maximum absolute atomic E-state index is 12.0. The summed E-state index contributed by atoms with van der Waals surface area (Å²) in [6.07, 6.45) is 1.10. The van der Waals surface area contributed by atoms with Crippen LogP contribution < -0.4 is 14.8 Å². The second-order valence-electron chi connectivity index (χ2n) is 6.94. The van der Waals surface area contributed by atoms with Crippen LogP contribution in [0.2, 0.25) is 0 Å². The summed E-state index contributed by atoms with van der Waals surface area (Å²) in [5, 5.41) is 2.82. The molecule has 0 saturated heterocycles. The average molecular weight is 355 g/mol. The lowest BCUT2D eigenvalue weighted by Gasteiger charge is -2.11. The van der Waals surface area contributed by atoms with Crippen LogP contribution in [0.1, 0.15) is 45.6 Å². The van der Waals surface area contributed by atoms with Crippen LogP contribution in [0.25, 0.3) is 0 Å². The van der Waals surface area contributed by atoms with E-state index in [4.69, 9.17) is 9.47 Å². The van der Waals surface area contributed by atoms with Crippen LogP contribution in [-0.2, 0) is 4.79 Å². The van der Waals surface area contributed by atoms with Crippen LogP contribution >= 0.6 is 0 Å². The van der Waals surface area contributed by atoms with E-state index in [2.05, 4.69) is 45.1 Å². The Hall–Kier alpha value is -2.49. The van der Waals surface area contributed by atoms with Gasteiger partial charge in [0.1, 0.15) is 11.5 Å². The van der Waals surface area contributed by atoms with Gasteiger partial charge in [0, 0.05) is 5.69 Å². The lowest BCUT2D eigenvalue weighted by atomic mass is 9.99. The van der Waals surface area contributed by atoms with Crippen molar-refractivity contribution >= 4 is 11.6 Å². The van der Waals surface area contributed by atoms with Crippen LogP contribution in [0, 0.1) is 5.92 Å². The molecule has 0 aliphatic rings. The Morgan fingerprint density at radius 1 is 0.923 bits per heavy atom. The Morgan fingerprint density at radius 2 is 1.50 bits per heavy atom. The van der Waals surface area contributed by atoms with Gasteiger partial charge < -0.3 is 14.8 Å². The van der Waals surface area contributed by atoms with Gasteiger partial charge in [-0.25, -0.2) is 0 Å². The van der Waals surface area contributed by atoms with E-state index in [1.54, 1.807) is 0 Å². The zero-order chi connectivity index (χ0) is 18.9. The fourth-order valence-electron chi connectivity index (χ4n) is 2.37. The first-order valence-corrected chi connectivity index (χ1v) is 9.23. The SMILES string of the molecule is CCC(C)c1ccc(OCC(=O)Nc2ccc(OCC(C)C)cc2)cc1. The number of hydrogen-bond acceptors (Lipinski definition) is 3. The van der Waals surface area contributed by atoms with Crippen molar-refractivity contribution in [1.82, 2.24) is 0 Å². The summed E-state index contributed by atoms with van der Waals surface area (Å²) in [7, 11) is 0. The van der Waals surface area contributed by atoms with Crippen molar-refractivity contribution in [3.05, 3.63) is 54.1 Å². The van der Waals surface area contributed by atoms with Crippen molar-refractivity contribution in [3.63, 3.8) is 0 Å². The van der Waals surface area contributed by atoms with Gasteiger partial charge in [-0.3, -0.25) is 4.79 Å². The normalized spacial score (nSPS) is 11.9. The number of nitrogens with one attached hydrogen (secondary N) is 1. The lowest BCUT2D eigenvalue weighted by molar-refractivity contribution is -0.118. The van der Waals surface area contributed by atoms with E-state index < -0.39 is 0 Å². The summed E-state index contributed by atoms with van der Waals surface area (Å²) in [6.45, 7) is 9.23. The molecule has 0 bridgehead atoms. The van der Waals surface area contributed by atoms with Gasteiger partial charge in [0.2, 0.25) is 0 Å². The third-order valence-electron chi connectivity index (χ3n) is 4.15. The number of benzene rings is 2. The monoisotopic (exact) mass is 355 g/mol. The second kappa shape index (κ2) is 9.85. The quantitative estimate of drug-likeness (QED) is 0.668. The minimum Gasteiger partial charge on any atom is -0.493 e. The molecule has 0 aliphatic carbocycles. The van der Waals surface area contributed by atoms with Gasteiger partial charge in [-0.1, -0.05) is 39.8 Å². The van der Waals surface area contributed by atoms with Gasteiger partial charge in [-0.15, -0.1) is 0 Å². The van der Waals surface area contributed by atoms with Crippen molar-refractivity contribution in [3.8, 4) is 11.5 Å². The van der Waals surface area contributed by atoms with E-state index in [0.29, 0.717) is 24.2 Å². The van der Waals surface area contributed by atoms with Gasteiger partial charge in [0.05, 0.1) is 6.61 Å². The zero-order valence-corrected chi connectivity index (χ0v) is 16.1. The second-order valence-corrected chi connectivity index (χ2v) is 6.94. The highest BCUT2D eigenvalue weighted by Gasteiger charge is 2.06. The molecule has 0 aromatic heterocycles. The number of anilines is 1. The Bertz CT molecular complexity index is 678. The minimum absolute atomic E-state index is 0.0196. The number of hydrogen-bond donors (Lipinski definition) is 1. The standard InChI is InChI=1S/C22H29NO3/c1-5-17(4)18-6-10-20(11-7-18)26-15-22(24)23-19-8-12-21(13-9-19)25-14-16(2)3/h6-13,16-17H,5,14-15H2,1-4H3,(H,23,24). The summed E-state index contributed by atoms with van der Waals surface area (Å²) in [5.41, 5.74) is 2.01. The molecule has 0 spiro atoms. The van der Waals surface area contributed by atoms with Gasteiger partial charge in [0.25, 0.3) is 5.91 Å². The van der Waals surface area contributed by atoms with Gasteiger partial charge in [-0.05, 0) is 60.2 Å². The average Bonchev–Trinajstić information content (AvgIpc) is 2.65. The molecule has 2 aromatic rings. The lowest BCUT2D eigenvalue weighted by Crippen LogP contribution is -2.20. The summed E-state index contributed by atoms with van der Waals surface area (Å²) in [6, 6.07) is 15.3. The smallest absolute Gasteiger partial charge is 0.262 e. The van der Waals surface area contributed by atoms with Crippen LogP contribution in [-0.4, -0.2) is 19.1 Å². The molecule has 0 heterocycles. The van der Waals surface area contributed by atoms with Crippen LogP contribution in [0.15, 0.2) is 48.5 Å². The fourth-order valence-corrected chi connectivity index (χ4v) is 2.37. The molecular weight excluding hydrogens is 326 g/mol. The summed E-state index contributed by atoms with van der Waals surface area (Å²) >= 11 is 0. The first-order valence-electron chi connectivity index (χ1n) is 9.23. The first-order chi connectivity index (χ1) is 12.5.